The van der Waals surface area contributed by atoms with Crippen LogP contribution in [0, 0.1) is 6.92 Å². The number of amides is 1. The van der Waals surface area contributed by atoms with Crippen LogP contribution in [-0.4, -0.2) is 15.7 Å². The van der Waals surface area contributed by atoms with Gasteiger partial charge in [0.05, 0.1) is 17.3 Å². The first kappa shape index (κ1) is 18.5. The summed E-state index contributed by atoms with van der Waals surface area (Å²) in [4.78, 5) is 12.8. The fourth-order valence-corrected chi connectivity index (χ4v) is 3.59. The van der Waals surface area contributed by atoms with Crippen molar-refractivity contribution in [1.29, 1.82) is 0 Å². The molecule has 0 saturated heterocycles. The van der Waals surface area contributed by atoms with Crippen LogP contribution in [0.5, 0.6) is 0 Å². The highest BCUT2D eigenvalue weighted by Crippen LogP contribution is 2.26. The molecule has 3 rings (SSSR count). The number of fused-ring (bicyclic) bond motifs is 1. The molecule has 2 aromatic carbocycles. The van der Waals surface area contributed by atoms with Gasteiger partial charge in [-0.1, -0.05) is 67.4 Å². The highest BCUT2D eigenvalue weighted by molar-refractivity contribution is 6.33. The van der Waals surface area contributed by atoms with E-state index >= 15 is 0 Å². The SMILES string of the molecule is CCCCn1nc(C)c(C(=O)N[C@@H](C)c2cccc3ccccc23)c1Cl. The molecule has 0 fully saturated rings. The summed E-state index contributed by atoms with van der Waals surface area (Å²) in [5.74, 6) is -0.185. The maximum absolute atomic E-state index is 12.8. The van der Waals surface area contributed by atoms with Crippen molar-refractivity contribution in [2.24, 2.45) is 0 Å². The van der Waals surface area contributed by atoms with E-state index in [0.29, 0.717) is 16.4 Å². The fraction of sp³-hybridized carbons (Fsp3) is 0.333. The molecule has 1 N–H and O–H groups in total. The Morgan fingerprint density at radius 2 is 1.96 bits per heavy atom. The lowest BCUT2D eigenvalue weighted by molar-refractivity contribution is 0.0939. The first-order chi connectivity index (χ1) is 12.5. The largest absolute Gasteiger partial charge is 0.345 e. The molecule has 136 valence electrons. The fourth-order valence-electron chi connectivity index (χ4n) is 3.24. The molecule has 1 amide bonds. The Labute approximate surface area is 159 Å². The third-order valence-corrected chi connectivity index (χ3v) is 5.04. The van der Waals surface area contributed by atoms with Crippen LogP contribution in [0.15, 0.2) is 42.5 Å². The van der Waals surface area contributed by atoms with Gasteiger partial charge < -0.3 is 5.32 Å². The van der Waals surface area contributed by atoms with Gasteiger partial charge in [-0.2, -0.15) is 5.10 Å². The monoisotopic (exact) mass is 369 g/mol. The maximum atomic E-state index is 12.8. The van der Waals surface area contributed by atoms with Crippen molar-refractivity contribution in [1.82, 2.24) is 15.1 Å². The summed E-state index contributed by atoms with van der Waals surface area (Å²) >= 11 is 6.42. The molecule has 5 heteroatoms. The van der Waals surface area contributed by atoms with Gasteiger partial charge in [-0.3, -0.25) is 9.48 Å². The summed E-state index contributed by atoms with van der Waals surface area (Å²) in [5.41, 5.74) is 2.21. The number of nitrogens with one attached hydrogen (secondary N) is 1. The number of unbranched alkanes of at least 4 members (excludes halogenated alkanes) is 1. The minimum Gasteiger partial charge on any atom is -0.345 e. The lowest BCUT2D eigenvalue weighted by atomic mass is 9.99. The molecule has 26 heavy (non-hydrogen) atoms. The first-order valence-corrected chi connectivity index (χ1v) is 9.42. The van der Waals surface area contributed by atoms with E-state index in [-0.39, 0.29) is 11.9 Å². The zero-order chi connectivity index (χ0) is 18.7. The number of hydrogen-bond acceptors (Lipinski definition) is 2. The molecule has 3 aromatic rings. The number of hydrogen-bond donors (Lipinski definition) is 1. The number of benzene rings is 2. The van der Waals surface area contributed by atoms with E-state index in [2.05, 4.69) is 35.5 Å². The number of carbonyl (C=O) groups excluding carboxylic acids is 1. The Morgan fingerprint density at radius 1 is 1.23 bits per heavy atom. The maximum Gasteiger partial charge on any atom is 0.256 e. The van der Waals surface area contributed by atoms with E-state index in [1.54, 1.807) is 4.68 Å². The van der Waals surface area contributed by atoms with Crippen LogP contribution in [0.2, 0.25) is 5.15 Å². The standard InChI is InChI=1S/C21H24ClN3O/c1-4-5-13-25-20(22)19(15(3)24-25)21(26)23-14(2)17-12-8-10-16-9-6-7-11-18(16)17/h6-12,14H,4-5,13H2,1-3H3,(H,23,26)/t14-/m0/s1. The summed E-state index contributed by atoms with van der Waals surface area (Å²) in [7, 11) is 0. The summed E-state index contributed by atoms with van der Waals surface area (Å²) in [6.45, 7) is 6.66. The van der Waals surface area contributed by atoms with Gasteiger partial charge in [0.15, 0.2) is 0 Å². The van der Waals surface area contributed by atoms with Gasteiger partial charge >= 0.3 is 0 Å². The molecule has 0 aliphatic heterocycles. The molecular formula is C21H24ClN3O. The summed E-state index contributed by atoms with van der Waals surface area (Å²) in [6, 6.07) is 14.2. The highest BCUT2D eigenvalue weighted by Gasteiger charge is 2.22. The van der Waals surface area contributed by atoms with Gasteiger partial charge in [0.1, 0.15) is 5.15 Å². The number of aromatic nitrogens is 2. The van der Waals surface area contributed by atoms with Crippen molar-refractivity contribution in [3.8, 4) is 0 Å². The molecule has 1 heterocycles. The van der Waals surface area contributed by atoms with Gasteiger partial charge in [-0.15, -0.1) is 0 Å². The summed E-state index contributed by atoms with van der Waals surface area (Å²) in [5, 5.41) is 10.2. The van der Waals surface area contributed by atoms with Crippen LogP contribution in [0.25, 0.3) is 10.8 Å². The van der Waals surface area contributed by atoms with Gasteiger partial charge in [-0.25, -0.2) is 0 Å². The second kappa shape index (κ2) is 7.92. The summed E-state index contributed by atoms with van der Waals surface area (Å²) in [6.07, 6.45) is 2.03. The minimum atomic E-state index is -0.185. The predicted octanol–water partition coefficient (Wildman–Crippen LogP) is 5.29. The van der Waals surface area contributed by atoms with Crippen molar-refractivity contribution in [2.45, 2.75) is 46.2 Å². The number of nitrogens with zero attached hydrogens (tertiary/aromatic N) is 2. The minimum absolute atomic E-state index is 0.136. The van der Waals surface area contributed by atoms with Crippen molar-refractivity contribution in [2.75, 3.05) is 0 Å². The Morgan fingerprint density at radius 3 is 2.73 bits per heavy atom. The molecule has 0 aliphatic rings. The lowest BCUT2D eigenvalue weighted by Gasteiger charge is -2.16. The third-order valence-electron chi connectivity index (χ3n) is 4.65. The third kappa shape index (κ3) is 3.61. The lowest BCUT2D eigenvalue weighted by Crippen LogP contribution is -2.27. The number of halogens is 1. The van der Waals surface area contributed by atoms with Crippen molar-refractivity contribution < 1.29 is 4.79 Å². The van der Waals surface area contributed by atoms with Crippen LogP contribution in [0.4, 0.5) is 0 Å². The molecule has 1 atom stereocenters. The van der Waals surface area contributed by atoms with E-state index in [4.69, 9.17) is 11.6 Å². The van der Waals surface area contributed by atoms with Gasteiger partial charge in [0.25, 0.3) is 5.91 Å². The van der Waals surface area contributed by atoms with Gasteiger partial charge in [0, 0.05) is 6.54 Å². The van der Waals surface area contributed by atoms with Crippen LogP contribution < -0.4 is 5.32 Å². The smallest absolute Gasteiger partial charge is 0.256 e. The van der Waals surface area contributed by atoms with Crippen molar-refractivity contribution in [3.63, 3.8) is 0 Å². The zero-order valence-electron chi connectivity index (χ0n) is 15.4. The Balaban J connectivity index is 1.85. The van der Waals surface area contributed by atoms with Crippen LogP contribution in [-0.2, 0) is 6.54 Å². The van der Waals surface area contributed by atoms with E-state index in [0.717, 1.165) is 35.7 Å². The quantitative estimate of drug-likeness (QED) is 0.641. The molecule has 0 saturated carbocycles. The normalized spacial score (nSPS) is 12.3. The van der Waals surface area contributed by atoms with E-state index in [1.165, 1.54) is 0 Å². The molecule has 4 nitrogen and oxygen atoms in total. The molecule has 0 aliphatic carbocycles. The molecule has 0 radical (unpaired) electrons. The van der Waals surface area contributed by atoms with Crippen LogP contribution >= 0.6 is 11.6 Å². The van der Waals surface area contributed by atoms with E-state index in [9.17, 15) is 4.79 Å². The number of rotatable bonds is 6. The summed E-state index contributed by atoms with van der Waals surface area (Å²) < 4.78 is 1.72. The van der Waals surface area contributed by atoms with Crippen molar-refractivity contribution >= 4 is 28.3 Å². The highest BCUT2D eigenvalue weighted by atomic mass is 35.5. The predicted molar refractivity (Wildman–Crippen MR) is 107 cm³/mol. The van der Waals surface area contributed by atoms with E-state index in [1.807, 2.05) is 38.1 Å². The van der Waals surface area contributed by atoms with Crippen LogP contribution in [0.1, 0.15) is 54.3 Å². The topological polar surface area (TPSA) is 46.9 Å². The molecule has 0 bridgehead atoms. The average Bonchev–Trinajstić information content (AvgIpc) is 2.92. The van der Waals surface area contributed by atoms with Crippen LogP contribution in [0.3, 0.4) is 0 Å². The first-order valence-electron chi connectivity index (χ1n) is 9.04. The number of carbonyl (C=O) groups is 1. The Kier molecular flexibility index (Phi) is 5.62. The molecular weight excluding hydrogens is 346 g/mol. The Bertz CT molecular complexity index is 927. The van der Waals surface area contributed by atoms with Crippen molar-refractivity contribution in [3.05, 3.63) is 64.4 Å². The van der Waals surface area contributed by atoms with Gasteiger partial charge in [-0.05, 0) is 36.6 Å². The average molecular weight is 370 g/mol. The van der Waals surface area contributed by atoms with E-state index < -0.39 is 0 Å². The second-order valence-electron chi connectivity index (χ2n) is 6.59. The molecule has 0 unspecified atom stereocenters. The molecule has 1 aromatic heterocycles. The van der Waals surface area contributed by atoms with Gasteiger partial charge in [0.2, 0.25) is 0 Å². The zero-order valence-corrected chi connectivity index (χ0v) is 16.2. The Hall–Kier alpha value is -2.33. The number of aryl methyl sites for hydroxylation is 2. The second-order valence-corrected chi connectivity index (χ2v) is 6.95. The molecule has 0 spiro atoms.